The Hall–Kier alpha value is -2.15. The predicted octanol–water partition coefficient (Wildman–Crippen LogP) is 1.04. The third-order valence-corrected chi connectivity index (χ3v) is 4.72. The minimum atomic E-state index is 0.185. The number of nitrogens with two attached hydrogens (primary N) is 1. The molecule has 2 aliphatic rings. The van der Waals surface area contributed by atoms with Crippen molar-refractivity contribution in [3.8, 4) is 0 Å². The lowest BCUT2D eigenvalue weighted by atomic mass is 10.1. The van der Waals surface area contributed by atoms with E-state index in [1.54, 1.807) is 0 Å². The molecule has 122 valence electrons. The maximum atomic E-state index is 5.95. The average Bonchev–Trinajstić information content (AvgIpc) is 3.30. The van der Waals surface area contributed by atoms with E-state index in [9.17, 15) is 0 Å². The van der Waals surface area contributed by atoms with Gasteiger partial charge in [0.1, 0.15) is 11.6 Å². The Kier molecular flexibility index (Phi) is 3.65. The molecule has 1 aliphatic heterocycles. The van der Waals surface area contributed by atoms with Crippen LogP contribution in [0.25, 0.3) is 0 Å². The quantitative estimate of drug-likeness (QED) is 0.781. The molecule has 0 spiro atoms. The van der Waals surface area contributed by atoms with Gasteiger partial charge in [-0.3, -0.25) is 0 Å². The van der Waals surface area contributed by atoms with E-state index in [4.69, 9.17) is 5.73 Å². The zero-order valence-corrected chi connectivity index (χ0v) is 13.4. The van der Waals surface area contributed by atoms with Crippen molar-refractivity contribution >= 4 is 11.8 Å². The number of fused-ring (bicyclic) bond motifs is 1. The Morgan fingerprint density at radius 2 is 2.13 bits per heavy atom. The van der Waals surface area contributed by atoms with Gasteiger partial charge in [-0.05, 0) is 31.7 Å². The second-order valence-electron chi connectivity index (χ2n) is 6.46. The van der Waals surface area contributed by atoms with Crippen molar-refractivity contribution in [3.63, 3.8) is 0 Å². The van der Waals surface area contributed by atoms with Crippen LogP contribution >= 0.6 is 0 Å². The summed E-state index contributed by atoms with van der Waals surface area (Å²) in [7, 11) is 2.04. The van der Waals surface area contributed by atoms with E-state index >= 15 is 0 Å². The number of hydrogen-bond donors (Lipinski definition) is 3. The van der Waals surface area contributed by atoms with Crippen LogP contribution in [0.3, 0.4) is 0 Å². The Labute approximate surface area is 135 Å². The number of rotatable bonds is 4. The van der Waals surface area contributed by atoms with Crippen LogP contribution in [-0.2, 0) is 19.9 Å². The van der Waals surface area contributed by atoms with Gasteiger partial charge < -0.3 is 20.9 Å². The molecule has 1 atom stereocenters. The van der Waals surface area contributed by atoms with E-state index in [1.165, 1.54) is 18.4 Å². The Bertz CT molecular complexity index is 704. The maximum Gasteiger partial charge on any atom is 0.222 e. The molecule has 7 nitrogen and oxygen atoms in total. The Morgan fingerprint density at radius 3 is 2.87 bits per heavy atom. The van der Waals surface area contributed by atoms with E-state index in [1.807, 2.05) is 19.4 Å². The van der Waals surface area contributed by atoms with Gasteiger partial charge in [-0.2, -0.15) is 4.98 Å². The lowest BCUT2D eigenvalue weighted by Crippen LogP contribution is -2.20. The van der Waals surface area contributed by atoms with Crippen LogP contribution in [0.5, 0.6) is 0 Å². The zero-order valence-electron chi connectivity index (χ0n) is 13.4. The number of nitrogens with one attached hydrogen (secondary N) is 2. The first-order valence-corrected chi connectivity index (χ1v) is 8.32. The molecule has 4 N–H and O–H groups in total. The maximum absolute atomic E-state index is 5.95. The van der Waals surface area contributed by atoms with Crippen LogP contribution in [0, 0.1) is 5.92 Å². The van der Waals surface area contributed by atoms with Crippen LogP contribution in [0.2, 0.25) is 0 Å². The van der Waals surface area contributed by atoms with Crippen LogP contribution in [0.1, 0.15) is 36.0 Å². The summed E-state index contributed by atoms with van der Waals surface area (Å²) in [5.74, 6) is 2.91. The van der Waals surface area contributed by atoms with Crippen molar-refractivity contribution in [1.29, 1.82) is 0 Å². The van der Waals surface area contributed by atoms with Crippen molar-refractivity contribution in [2.75, 3.05) is 24.1 Å². The summed E-state index contributed by atoms with van der Waals surface area (Å²) in [6.07, 6.45) is 8.13. The van der Waals surface area contributed by atoms with E-state index in [2.05, 4.69) is 30.2 Å². The Morgan fingerprint density at radius 1 is 1.30 bits per heavy atom. The largest absolute Gasteiger partial charge is 0.368 e. The highest BCUT2D eigenvalue weighted by Gasteiger charge is 2.35. The predicted molar refractivity (Wildman–Crippen MR) is 89.0 cm³/mol. The molecule has 4 rings (SSSR count). The Balaban J connectivity index is 1.69. The minimum Gasteiger partial charge on any atom is -0.368 e. The lowest BCUT2D eigenvalue weighted by Gasteiger charge is -2.21. The number of hydrogen-bond acceptors (Lipinski definition) is 6. The molecule has 0 amide bonds. The SMILES string of the molecule is Cn1ccnc1[C@H](Nc1nc(N)nc2c1CCNCC2)C1CC1. The third kappa shape index (κ3) is 2.88. The average molecular weight is 313 g/mol. The molecular formula is C16H23N7. The first kappa shape index (κ1) is 14.4. The molecule has 3 heterocycles. The molecule has 0 saturated heterocycles. The summed E-state index contributed by atoms with van der Waals surface area (Å²) >= 11 is 0. The first-order valence-electron chi connectivity index (χ1n) is 8.32. The third-order valence-electron chi connectivity index (χ3n) is 4.72. The molecule has 2 aromatic heterocycles. The highest BCUT2D eigenvalue weighted by atomic mass is 15.2. The molecule has 7 heteroatoms. The molecule has 2 aromatic rings. The first-order chi connectivity index (χ1) is 11.2. The van der Waals surface area contributed by atoms with Crippen molar-refractivity contribution in [1.82, 2.24) is 24.8 Å². The van der Waals surface area contributed by atoms with Gasteiger partial charge in [0, 0.05) is 38.0 Å². The van der Waals surface area contributed by atoms with Crippen LogP contribution < -0.4 is 16.4 Å². The monoisotopic (exact) mass is 313 g/mol. The standard InChI is InChI=1S/C16H23N7/c1-23-9-8-19-15(23)13(10-2-3-10)21-14-11-4-6-18-7-5-12(11)20-16(17)22-14/h8-10,13,18H,2-7H2,1H3,(H3,17,20,21,22)/t13-/m1/s1. The van der Waals surface area contributed by atoms with E-state index in [0.717, 1.165) is 43.3 Å². The molecular weight excluding hydrogens is 290 g/mol. The van der Waals surface area contributed by atoms with Gasteiger partial charge >= 0.3 is 0 Å². The zero-order chi connectivity index (χ0) is 15.8. The van der Waals surface area contributed by atoms with Crippen molar-refractivity contribution in [2.24, 2.45) is 13.0 Å². The minimum absolute atomic E-state index is 0.185. The molecule has 0 radical (unpaired) electrons. The molecule has 1 fully saturated rings. The number of nitrogens with zero attached hydrogens (tertiary/aromatic N) is 4. The van der Waals surface area contributed by atoms with Gasteiger partial charge in [0.05, 0.1) is 11.7 Å². The fraction of sp³-hybridized carbons (Fsp3) is 0.562. The summed E-state index contributed by atoms with van der Waals surface area (Å²) in [5, 5.41) is 7.05. The van der Waals surface area contributed by atoms with Crippen molar-refractivity contribution in [3.05, 3.63) is 29.5 Å². The van der Waals surface area contributed by atoms with E-state index in [-0.39, 0.29) is 6.04 Å². The number of aryl methyl sites for hydroxylation is 1. The van der Waals surface area contributed by atoms with Gasteiger partial charge in [0.25, 0.3) is 0 Å². The molecule has 1 aliphatic carbocycles. The topological polar surface area (TPSA) is 93.7 Å². The summed E-state index contributed by atoms with van der Waals surface area (Å²) in [5.41, 5.74) is 8.21. The van der Waals surface area contributed by atoms with Crippen molar-refractivity contribution in [2.45, 2.75) is 31.7 Å². The van der Waals surface area contributed by atoms with Gasteiger partial charge in [-0.15, -0.1) is 0 Å². The number of anilines is 2. The van der Waals surface area contributed by atoms with E-state index in [0.29, 0.717) is 11.9 Å². The number of imidazole rings is 1. The number of aromatic nitrogens is 4. The van der Waals surface area contributed by atoms with E-state index < -0.39 is 0 Å². The van der Waals surface area contributed by atoms with Crippen molar-refractivity contribution < 1.29 is 0 Å². The van der Waals surface area contributed by atoms with Crippen LogP contribution in [0.15, 0.2) is 12.4 Å². The van der Waals surface area contributed by atoms with Gasteiger partial charge in [-0.25, -0.2) is 9.97 Å². The summed E-state index contributed by atoms with van der Waals surface area (Å²) < 4.78 is 2.08. The molecule has 23 heavy (non-hydrogen) atoms. The fourth-order valence-corrected chi connectivity index (χ4v) is 3.33. The highest BCUT2D eigenvalue weighted by Crippen LogP contribution is 2.42. The normalized spacial score (nSPS) is 19.0. The van der Waals surface area contributed by atoms with Gasteiger partial charge in [0.2, 0.25) is 5.95 Å². The summed E-state index contributed by atoms with van der Waals surface area (Å²) in [6, 6.07) is 0.185. The molecule has 0 bridgehead atoms. The summed E-state index contributed by atoms with van der Waals surface area (Å²) in [4.78, 5) is 13.5. The smallest absolute Gasteiger partial charge is 0.222 e. The highest BCUT2D eigenvalue weighted by molar-refractivity contribution is 5.51. The second-order valence-corrected chi connectivity index (χ2v) is 6.46. The van der Waals surface area contributed by atoms with Crippen LogP contribution in [0.4, 0.5) is 11.8 Å². The van der Waals surface area contributed by atoms with Gasteiger partial charge in [-0.1, -0.05) is 0 Å². The summed E-state index contributed by atoms with van der Waals surface area (Å²) in [6.45, 7) is 1.89. The molecule has 1 saturated carbocycles. The lowest BCUT2D eigenvalue weighted by molar-refractivity contribution is 0.603. The molecule has 0 aromatic carbocycles. The van der Waals surface area contributed by atoms with Crippen LogP contribution in [-0.4, -0.2) is 32.6 Å². The molecule has 0 unspecified atom stereocenters. The number of nitrogen functional groups attached to an aromatic ring is 1. The fourth-order valence-electron chi connectivity index (χ4n) is 3.33. The van der Waals surface area contributed by atoms with Gasteiger partial charge in [0.15, 0.2) is 0 Å². The second kappa shape index (κ2) is 5.81.